The number of rotatable bonds is 7. The van der Waals surface area contributed by atoms with Gasteiger partial charge in [0.1, 0.15) is 5.75 Å². The zero-order chi connectivity index (χ0) is 16.7. The van der Waals surface area contributed by atoms with Crippen LogP contribution in [0.15, 0.2) is 24.3 Å². The molecule has 1 aromatic rings. The van der Waals surface area contributed by atoms with E-state index >= 15 is 0 Å². The monoisotopic (exact) mass is 340 g/mol. The van der Waals surface area contributed by atoms with Gasteiger partial charge in [-0.1, -0.05) is 18.6 Å². The summed E-state index contributed by atoms with van der Waals surface area (Å²) >= 11 is 0. The quantitative estimate of drug-likeness (QED) is 0.816. The average Bonchev–Trinajstić information content (AvgIpc) is 2.59. The van der Waals surface area contributed by atoms with Crippen LogP contribution >= 0.6 is 0 Å². The number of hydrogen-bond donors (Lipinski definition) is 1. The topological polar surface area (TPSA) is 75.7 Å². The molecular formula is C16H24N2O4S. The molecule has 0 unspecified atom stereocenters. The van der Waals surface area contributed by atoms with Crippen LogP contribution in [-0.2, 0) is 21.4 Å². The van der Waals surface area contributed by atoms with Crippen molar-refractivity contribution in [2.75, 3.05) is 26.0 Å². The van der Waals surface area contributed by atoms with Crippen LogP contribution in [0.3, 0.4) is 0 Å². The van der Waals surface area contributed by atoms with Crippen LogP contribution in [0.2, 0.25) is 0 Å². The highest BCUT2D eigenvalue weighted by Gasteiger charge is 2.24. The van der Waals surface area contributed by atoms with Crippen LogP contribution in [0, 0.1) is 0 Å². The minimum Gasteiger partial charge on any atom is -0.497 e. The third-order valence-corrected chi connectivity index (χ3v) is 5.82. The molecule has 2 rings (SSSR count). The van der Waals surface area contributed by atoms with Crippen molar-refractivity contribution in [1.82, 2.24) is 9.62 Å². The molecule has 0 radical (unpaired) electrons. The van der Waals surface area contributed by atoms with Crippen molar-refractivity contribution in [2.45, 2.75) is 32.2 Å². The molecular weight excluding hydrogens is 316 g/mol. The van der Waals surface area contributed by atoms with E-state index in [0.29, 0.717) is 19.6 Å². The summed E-state index contributed by atoms with van der Waals surface area (Å²) in [4.78, 5) is 11.9. The summed E-state index contributed by atoms with van der Waals surface area (Å²) in [5.74, 6) is 0.385. The van der Waals surface area contributed by atoms with Gasteiger partial charge in [0.25, 0.3) is 0 Å². The molecule has 1 saturated heterocycles. The maximum absolute atomic E-state index is 12.2. The third-order valence-electron chi connectivity index (χ3n) is 3.94. The van der Waals surface area contributed by atoms with Gasteiger partial charge >= 0.3 is 0 Å². The number of nitrogens with zero attached hydrogens (tertiary/aromatic N) is 1. The second-order valence-electron chi connectivity index (χ2n) is 5.65. The van der Waals surface area contributed by atoms with Crippen molar-refractivity contribution in [3.05, 3.63) is 29.8 Å². The molecule has 1 amide bonds. The molecule has 1 N–H and O–H groups in total. The molecule has 128 valence electrons. The van der Waals surface area contributed by atoms with E-state index in [9.17, 15) is 13.2 Å². The number of amides is 1. The summed E-state index contributed by atoms with van der Waals surface area (Å²) in [5.41, 5.74) is 0.943. The highest BCUT2D eigenvalue weighted by molar-refractivity contribution is 7.89. The first-order valence-electron chi connectivity index (χ1n) is 7.89. The van der Waals surface area contributed by atoms with E-state index in [0.717, 1.165) is 30.6 Å². The Morgan fingerprint density at radius 3 is 2.43 bits per heavy atom. The summed E-state index contributed by atoms with van der Waals surface area (Å²) in [6.07, 6.45) is 2.88. The Morgan fingerprint density at radius 2 is 1.83 bits per heavy atom. The Bertz CT molecular complexity index is 607. The molecule has 7 heteroatoms. The van der Waals surface area contributed by atoms with Gasteiger partial charge in [0.15, 0.2) is 0 Å². The van der Waals surface area contributed by atoms with E-state index < -0.39 is 10.0 Å². The molecule has 6 nitrogen and oxygen atoms in total. The average molecular weight is 340 g/mol. The number of methoxy groups -OCH3 is 1. The fourth-order valence-electron chi connectivity index (χ4n) is 2.53. The number of ether oxygens (including phenoxy) is 1. The Labute approximate surface area is 137 Å². The number of sulfonamides is 1. The first-order chi connectivity index (χ1) is 11.0. The lowest BCUT2D eigenvalue weighted by Crippen LogP contribution is -2.38. The predicted octanol–water partition coefficient (Wildman–Crippen LogP) is 1.52. The zero-order valence-corrected chi connectivity index (χ0v) is 14.3. The van der Waals surface area contributed by atoms with E-state index in [1.807, 2.05) is 24.3 Å². The normalized spacial score (nSPS) is 16.0. The molecule has 0 atom stereocenters. The highest BCUT2D eigenvalue weighted by Crippen LogP contribution is 2.14. The second kappa shape index (κ2) is 8.31. The molecule has 0 spiro atoms. The molecule has 1 aliphatic heterocycles. The van der Waals surface area contributed by atoms with Gasteiger partial charge in [-0.3, -0.25) is 4.79 Å². The number of nitrogens with one attached hydrogen (secondary N) is 1. The Morgan fingerprint density at radius 1 is 1.17 bits per heavy atom. The van der Waals surface area contributed by atoms with Gasteiger partial charge < -0.3 is 10.1 Å². The van der Waals surface area contributed by atoms with Gasteiger partial charge in [0, 0.05) is 26.1 Å². The standard InChI is InChI=1S/C16H24N2O4S/c1-22-15-7-5-14(6-8-15)13-17-16(19)9-12-23(20,21)18-10-3-2-4-11-18/h5-8H,2-4,9-13H2,1H3,(H,17,19). The zero-order valence-electron chi connectivity index (χ0n) is 13.5. The lowest BCUT2D eigenvalue weighted by Gasteiger charge is -2.25. The smallest absolute Gasteiger partial charge is 0.221 e. The lowest BCUT2D eigenvalue weighted by molar-refractivity contribution is -0.120. The van der Waals surface area contributed by atoms with Gasteiger partial charge in [0.2, 0.25) is 15.9 Å². The Balaban J connectivity index is 1.75. The van der Waals surface area contributed by atoms with E-state index in [1.54, 1.807) is 7.11 Å². The number of hydrogen-bond acceptors (Lipinski definition) is 4. The molecule has 1 aliphatic rings. The Kier molecular flexibility index (Phi) is 6.41. The van der Waals surface area contributed by atoms with Crippen LogP contribution in [0.4, 0.5) is 0 Å². The summed E-state index contributed by atoms with van der Waals surface area (Å²) in [6.45, 7) is 1.54. The number of benzene rings is 1. The summed E-state index contributed by atoms with van der Waals surface area (Å²) in [6, 6.07) is 7.37. The lowest BCUT2D eigenvalue weighted by atomic mass is 10.2. The summed E-state index contributed by atoms with van der Waals surface area (Å²) < 4.78 is 30.9. The van der Waals surface area contributed by atoms with Crippen molar-refractivity contribution in [3.63, 3.8) is 0 Å². The molecule has 0 bridgehead atoms. The fourth-order valence-corrected chi connectivity index (χ4v) is 4.04. The van der Waals surface area contributed by atoms with E-state index in [4.69, 9.17) is 4.74 Å². The molecule has 1 aromatic carbocycles. The van der Waals surface area contributed by atoms with Crippen molar-refractivity contribution >= 4 is 15.9 Å². The molecule has 1 fully saturated rings. The number of carbonyl (C=O) groups is 1. The predicted molar refractivity (Wildman–Crippen MR) is 88.7 cm³/mol. The van der Waals surface area contributed by atoms with Crippen LogP contribution in [0.1, 0.15) is 31.2 Å². The third kappa shape index (κ3) is 5.51. The molecule has 0 aromatic heterocycles. The first-order valence-corrected chi connectivity index (χ1v) is 9.49. The van der Waals surface area contributed by atoms with Crippen molar-refractivity contribution in [3.8, 4) is 5.75 Å². The van der Waals surface area contributed by atoms with Gasteiger partial charge in [-0.15, -0.1) is 0 Å². The molecule has 23 heavy (non-hydrogen) atoms. The van der Waals surface area contributed by atoms with Crippen LogP contribution in [0.25, 0.3) is 0 Å². The Hall–Kier alpha value is -1.60. The number of piperidine rings is 1. The molecule has 0 aliphatic carbocycles. The fraction of sp³-hybridized carbons (Fsp3) is 0.562. The minimum atomic E-state index is -3.31. The van der Waals surface area contributed by atoms with Gasteiger partial charge in [-0.2, -0.15) is 0 Å². The largest absolute Gasteiger partial charge is 0.497 e. The first kappa shape index (κ1) is 17.7. The maximum atomic E-state index is 12.2. The van der Waals surface area contributed by atoms with Gasteiger partial charge in [-0.25, -0.2) is 12.7 Å². The van der Waals surface area contributed by atoms with Crippen LogP contribution in [-0.4, -0.2) is 44.6 Å². The minimum absolute atomic E-state index is 0.00497. The van der Waals surface area contributed by atoms with Crippen molar-refractivity contribution in [1.29, 1.82) is 0 Å². The van der Waals surface area contributed by atoms with Crippen LogP contribution < -0.4 is 10.1 Å². The molecule has 0 saturated carbocycles. The summed E-state index contributed by atoms with van der Waals surface area (Å²) in [7, 11) is -1.72. The van der Waals surface area contributed by atoms with Gasteiger partial charge in [-0.05, 0) is 30.5 Å². The van der Waals surface area contributed by atoms with E-state index in [-0.39, 0.29) is 18.1 Å². The number of carbonyl (C=O) groups excluding carboxylic acids is 1. The second-order valence-corrected chi connectivity index (χ2v) is 7.74. The summed E-state index contributed by atoms with van der Waals surface area (Å²) in [5, 5.41) is 2.75. The van der Waals surface area contributed by atoms with E-state index in [1.165, 1.54) is 4.31 Å². The van der Waals surface area contributed by atoms with Crippen molar-refractivity contribution < 1.29 is 17.9 Å². The van der Waals surface area contributed by atoms with Crippen LogP contribution in [0.5, 0.6) is 5.75 Å². The van der Waals surface area contributed by atoms with Gasteiger partial charge in [0.05, 0.1) is 12.9 Å². The highest BCUT2D eigenvalue weighted by atomic mass is 32.2. The van der Waals surface area contributed by atoms with Crippen molar-refractivity contribution in [2.24, 2.45) is 0 Å². The van der Waals surface area contributed by atoms with E-state index in [2.05, 4.69) is 5.32 Å². The maximum Gasteiger partial charge on any atom is 0.221 e. The SMILES string of the molecule is COc1ccc(CNC(=O)CCS(=O)(=O)N2CCCCC2)cc1. The molecule has 1 heterocycles.